The maximum absolute atomic E-state index is 9.25. The van der Waals surface area contributed by atoms with Gasteiger partial charge in [0.25, 0.3) is 0 Å². The molecule has 2 N–H and O–H groups in total. The second-order valence-corrected chi connectivity index (χ2v) is 5.14. The van der Waals surface area contributed by atoms with Gasteiger partial charge in [0.1, 0.15) is 0 Å². The lowest BCUT2D eigenvalue weighted by Crippen LogP contribution is -2.26. The zero-order valence-electron chi connectivity index (χ0n) is 10.5. The number of aliphatic hydroxyl groups excluding tert-OH is 1. The summed E-state index contributed by atoms with van der Waals surface area (Å²) in [5, 5.41) is 12.7. The third-order valence-electron chi connectivity index (χ3n) is 3.72. The summed E-state index contributed by atoms with van der Waals surface area (Å²) >= 11 is 0. The van der Waals surface area contributed by atoms with Gasteiger partial charge in [0.05, 0.1) is 0 Å². The molecular formula is C14H22N2O. The minimum absolute atomic E-state index is 0.346. The number of aromatic nitrogens is 1. The number of aliphatic hydroxyl groups is 1. The quantitative estimate of drug-likeness (QED) is 0.817. The van der Waals surface area contributed by atoms with Gasteiger partial charge in [0.2, 0.25) is 0 Å². The van der Waals surface area contributed by atoms with Gasteiger partial charge in [-0.3, -0.25) is 4.98 Å². The Morgan fingerprint density at radius 2 is 2.18 bits per heavy atom. The maximum Gasteiger partial charge on any atom is 0.0462 e. The molecule has 2 atom stereocenters. The molecule has 2 unspecified atom stereocenters. The fourth-order valence-corrected chi connectivity index (χ4v) is 2.74. The van der Waals surface area contributed by atoms with Gasteiger partial charge in [-0.1, -0.05) is 12.5 Å². The first kappa shape index (κ1) is 12.5. The Kier molecular flexibility index (Phi) is 4.51. The van der Waals surface area contributed by atoms with Crippen LogP contribution in [0.5, 0.6) is 0 Å². The van der Waals surface area contributed by atoms with E-state index in [4.69, 9.17) is 0 Å². The molecule has 1 aliphatic carbocycles. The summed E-state index contributed by atoms with van der Waals surface area (Å²) in [6, 6.07) is 2.16. The minimum atomic E-state index is 0.346. The summed E-state index contributed by atoms with van der Waals surface area (Å²) in [4.78, 5) is 4.19. The summed E-state index contributed by atoms with van der Waals surface area (Å²) in [5.41, 5.74) is 2.45. The van der Waals surface area contributed by atoms with Gasteiger partial charge >= 0.3 is 0 Å². The van der Waals surface area contributed by atoms with Crippen molar-refractivity contribution >= 4 is 0 Å². The minimum Gasteiger partial charge on any atom is -0.396 e. The van der Waals surface area contributed by atoms with Crippen LogP contribution >= 0.6 is 0 Å². The Balaban J connectivity index is 1.76. The average Bonchev–Trinajstić information content (AvgIpc) is 2.77. The predicted molar refractivity (Wildman–Crippen MR) is 68.6 cm³/mol. The van der Waals surface area contributed by atoms with E-state index in [1.54, 1.807) is 0 Å². The molecule has 0 amide bonds. The molecule has 0 bridgehead atoms. The molecule has 3 nitrogen and oxygen atoms in total. The second kappa shape index (κ2) is 6.12. The molecule has 3 heteroatoms. The van der Waals surface area contributed by atoms with E-state index in [9.17, 15) is 5.11 Å². The van der Waals surface area contributed by atoms with Crippen LogP contribution in [-0.4, -0.2) is 23.2 Å². The van der Waals surface area contributed by atoms with E-state index in [0.29, 0.717) is 18.4 Å². The van der Waals surface area contributed by atoms with Crippen LogP contribution in [0.3, 0.4) is 0 Å². The molecule has 17 heavy (non-hydrogen) atoms. The summed E-state index contributed by atoms with van der Waals surface area (Å²) in [5.74, 6) is 1.16. The van der Waals surface area contributed by atoms with E-state index in [1.807, 2.05) is 12.4 Å². The van der Waals surface area contributed by atoms with Crippen molar-refractivity contribution < 1.29 is 5.11 Å². The molecule has 0 aromatic carbocycles. The van der Waals surface area contributed by atoms with Crippen molar-refractivity contribution in [2.24, 2.45) is 11.8 Å². The van der Waals surface area contributed by atoms with Crippen LogP contribution in [0.2, 0.25) is 0 Å². The van der Waals surface area contributed by atoms with Crippen molar-refractivity contribution in [3.63, 3.8) is 0 Å². The Bertz CT molecular complexity index is 354. The molecule has 1 heterocycles. The van der Waals surface area contributed by atoms with Gasteiger partial charge in [0, 0.05) is 25.5 Å². The summed E-state index contributed by atoms with van der Waals surface area (Å²) in [6.07, 6.45) is 7.50. The zero-order valence-corrected chi connectivity index (χ0v) is 10.5. The van der Waals surface area contributed by atoms with Crippen LogP contribution in [0.25, 0.3) is 0 Å². The molecule has 1 aromatic heterocycles. The molecule has 2 rings (SSSR count). The zero-order chi connectivity index (χ0) is 12.1. The number of aryl methyl sites for hydroxylation is 1. The van der Waals surface area contributed by atoms with Crippen LogP contribution in [0.4, 0.5) is 0 Å². The summed E-state index contributed by atoms with van der Waals surface area (Å²) in [7, 11) is 0. The first-order chi connectivity index (χ1) is 8.29. The van der Waals surface area contributed by atoms with Crippen LogP contribution in [0.15, 0.2) is 18.5 Å². The topological polar surface area (TPSA) is 45.2 Å². The van der Waals surface area contributed by atoms with Crippen LogP contribution in [-0.2, 0) is 6.54 Å². The van der Waals surface area contributed by atoms with Crippen LogP contribution in [0, 0.1) is 18.8 Å². The lowest BCUT2D eigenvalue weighted by Gasteiger charge is -2.17. The van der Waals surface area contributed by atoms with Gasteiger partial charge < -0.3 is 10.4 Å². The van der Waals surface area contributed by atoms with Crippen molar-refractivity contribution in [1.29, 1.82) is 0 Å². The molecule has 1 saturated carbocycles. The molecule has 0 radical (unpaired) electrons. The van der Waals surface area contributed by atoms with Crippen molar-refractivity contribution in [3.8, 4) is 0 Å². The predicted octanol–water partition coefficient (Wildman–Crippen LogP) is 1.89. The Morgan fingerprint density at radius 3 is 2.94 bits per heavy atom. The van der Waals surface area contributed by atoms with Crippen molar-refractivity contribution in [3.05, 3.63) is 29.6 Å². The number of rotatable bonds is 5. The third-order valence-corrected chi connectivity index (χ3v) is 3.72. The summed E-state index contributed by atoms with van der Waals surface area (Å²) < 4.78 is 0. The Hall–Kier alpha value is -0.930. The van der Waals surface area contributed by atoms with Crippen molar-refractivity contribution in [1.82, 2.24) is 10.3 Å². The van der Waals surface area contributed by atoms with E-state index < -0.39 is 0 Å². The number of nitrogens with zero attached hydrogens (tertiary/aromatic N) is 1. The fourth-order valence-electron chi connectivity index (χ4n) is 2.74. The smallest absolute Gasteiger partial charge is 0.0462 e. The molecule has 0 aliphatic heterocycles. The van der Waals surface area contributed by atoms with E-state index in [0.717, 1.165) is 13.1 Å². The number of hydrogen-bond acceptors (Lipinski definition) is 3. The van der Waals surface area contributed by atoms with E-state index in [1.165, 1.54) is 30.4 Å². The highest BCUT2D eigenvalue weighted by molar-refractivity contribution is 5.16. The van der Waals surface area contributed by atoms with Gasteiger partial charge in [-0.25, -0.2) is 0 Å². The highest BCUT2D eigenvalue weighted by atomic mass is 16.3. The van der Waals surface area contributed by atoms with E-state index >= 15 is 0 Å². The first-order valence-corrected chi connectivity index (χ1v) is 6.51. The normalized spacial score (nSPS) is 24.1. The Morgan fingerprint density at radius 1 is 1.35 bits per heavy atom. The molecule has 94 valence electrons. The van der Waals surface area contributed by atoms with Gasteiger partial charge in [0.15, 0.2) is 0 Å². The highest BCUT2D eigenvalue weighted by Gasteiger charge is 2.25. The van der Waals surface area contributed by atoms with Crippen molar-refractivity contribution in [2.75, 3.05) is 13.2 Å². The van der Waals surface area contributed by atoms with Gasteiger partial charge in [-0.15, -0.1) is 0 Å². The van der Waals surface area contributed by atoms with Crippen LogP contribution < -0.4 is 5.32 Å². The molecule has 1 aliphatic rings. The largest absolute Gasteiger partial charge is 0.396 e. The Labute approximate surface area is 103 Å². The molecule has 1 fully saturated rings. The molecule has 0 saturated heterocycles. The number of hydrogen-bond donors (Lipinski definition) is 2. The number of nitrogens with one attached hydrogen (secondary N) is 1. The first-order valence-electron chi connectivity index (χ1n) is 6.51. The lowest BCUT2D eigenvalue weighted by molar-refractivity contribution is 0.192. The van der Waals surface area contributed by atoms with Crippen LogP contribution in [0.1, 0.15) is 30.4 Å². The lowest BCUT2D eigenvalue weighted by atomic mass is 9.97. The monoisotopic (exact) mass is 234 g/mol. The SMILES string of the molecule is Cc1cncc(CNCC2CCCC2CO)c1. The molecule has 0 spiro atoms. The van der Waals surface area contributed by atoms with E-state index in [2.05, 4.69) is 23.3 Å². The highest BCUT2D eigenvalue weighted by Crippen LogP contribution is 2.30. The molecule has 1 aromatic rings. The number of pyridine rings is 1. The van der Waals surface area contributed by atoms with E-state index in [-0.39, 0.29) is 0 Å². The van der Waals surface area contributed by atoms with Crippen molar-refractivity contribution in [2.45, 2.75) is 32.7 Å². The van der Waals surface area contributed by atoms with Gasteiger partial charge in [-0.2, -0.15) is 0 Å². The average molecular weight is 234 g/mol. The van der Waals surface area contributed by atoms with Gasteiger partial charge in [-0.05, 0) is 49.3 Å². The summed E-state index contributed by atoms with van der Waals surface area (Å²) in [6.45, 7) is 4.30. The third kappa shape index (κ3) is 3.51. The standard InChI is InChI=1S/C14H22N2O/c1-11-5-12(7-15-6-11)8-16-9-13-3-2-4-14(13)10-17/h5-7,13-14,16-17H,2-4,8-10H2,1H3. The fraction of sp³-hybridized carbons (Fsp3) is 0.643. The maximum atomic E-state index is 9.25. The second-order valence-electron chi connectivity index (χ2n) is 5.14. The molecular weight excluding hydrogens is 212 g/mol.